The standard InChI is InChI=1S/C6H10Cl2O5/c7-1-2-3(9)4(10)6(12,13-2)5(8)11/h2-5,9-12H,1H2/t2-,3-,4+,5?,6+/m1/s1. The van der Waals surface area contributed by atoms with Crippen molar-refractivity contribution >= 4 is 23.2 Å². The molecular weight excluding hydrogens is 223 g/mol. The Hall–Kier alpha value is 0.380. The molecule has 13 heavy (non-hydrogen) atoms. The van der Waals surface area contributed by atoms with Crippen molar-refractivity contribution in [3.05, 3.63) is 0 Å². The Kier molecular flexibility index (Phi) is 3.40. The highest BCUT2D eigenvalue weighted by Crippen LogP contribution is 2.33. The molecule has 1 aliphatic heterocycles. The second kappa shape index (κ2) is 3.86. The smallest absolute Gasteiger partial charge is 0.236 e. The zero-order valence-electron chi connectivity index (χ0n) is 6.47. The first-order valence-corrected chi connectivity index (χ1v) is 4.55. The summed E-state index contributed by atoms with van der Waals surface area (Å²) in [6, 6.07) is 0. The lowest BCUT2D eigenvalue weighted by molar-refractivity contribution is -0.255. The van der Waals surface area contributed by atoms with Crippen LogP contribution in [0.2, 0.25) is 0 Å². The second-order valence-electron chi connectivity index (χ2n) is 2.83. The van der Waals surface area contributed by atoms with Crippen LogP contribution in [0, 0.1) is 0 Å². The van der Waals surface area contributed by atoms with Gasteiger partial charge in [-0.05, 0) is 0 Å². The van der Waals surface area contributed by atoms with Crippen LogP contribution < -0.4 is 0 Å². The zero-order chi connectivity index (χ0) is 10.2. The topological polar surface area (TPSA) is 90.2 Å². The highest BCUT2D eigenvalue weighted by atomic mass is 35.5. The molecule has 78 valence electrons. The van der Waals surface area contributed by atoms with E-state index in [1.54, 1.807) is 0 Å². The third kappa shape index (κ3) is 1.78. The van der Waals surface area contributed by atoms with Gasteiger partial charge in [-0.15, -0.1) is 11.6 Å². The average molecular weight is 233 g/mol. The number of alkyl halides is 2. The largest absolute Gasteiger partial charge is 0.387 e. The molecule has 1 rings (SSSR count). The fraction of sp³-hybridized carbons (Fsp3) is 1.00. The summed E-state index contributed by atoms with van der Waals surface area (Å²) in [5.41, 5.74) is -1.83. The number of hydrogen-bond acceptors (Lipinski definition) is 5. The number of aliphatic hydroxyl groups is 4. The first kappa shape index (κ1) is 11.5. The van der Waals surface area contributed by atoms with E-state index in [0.717, 1.165) is 0 Å². The normalized spacial score (nSPS) is 48.0. The Morgan fingerprint density at radius 3 is 2.23 bits per heavy atom. The molecule has 0 radical (unpaired) electrons. The van der Waals surface area contributed by atoms with E-state index < -0.39 is 29.7 Å². The van der Waals surface area contributed by atoms with Crippen LogP contribution in [0.25, 0.3) is 0 Å². The molecule has 7 heteroatoms. The molecule has 0 saturated carbocycles. The van der Waals surface area contributed by atoms with Crippen molar-refractivity contribution in [2.75, 3.05) is 5.88 Å². The fourth-order valence-corrected chi connectivity index (χ4v) is 1.58. The number of hydrogen-bond donors (Lipinski definition) is 4. The van der Waals surface area contributed by atoms with Crippen LogP contribution in [0.15, 0.2) is 0 Å². The van der Waals surface area contributed by atoms with Crippen molar-refractivity contribution in [3.8, 4) is 0 Å². The van der Waals surface area contributed by atoms with E-state index in [4.69, 9.17) is 33.0 Å². The SMILES string of the molecule is OC(Cl)[C@@]1(O)O[C@H](CCl)[C@@H](O)[C@@H]1O. The summed E-state index contributed by atoms with van der Waals surface area (Å²) in [5, 5.41) is 36.8. The van der Waals surface area contributed by atoms with E-state index in [-0.39, 0.29) is 5.88 Å². The molecule has 1 heterocycles. The predicted octanol–water partition coefficient (Wildman–Crippen LogP) is -1.41. The molecule has 1 fully saturated rings. The number of rotatable bonds is 2. The first-order chi connectivity index (χ1) is 5.93. The van der Waals surface area contributed by atoms with E-state index in [1.165, 1.54) is 0 Å². The Morgan fingerprint density at radius 1 is 1.46 bits per heavy atom. The quantitative estimate of drug-likeness (QED) is 0.440. The predicted molar refractivity (Wildman–Crippen MR) is 44.4 cm³/mol. The Balaban J connectivity index is 2.81. The maximum atomic E-state index is 9.44. The van der Waals surface area contributed by atoms with E-state index in [9.17, 15) is 15.3 Å². The first-order valence-electron chi connectivity index (χ1n) is 3.58. The molecular formula is C6H10Cl2O5. The van der Waals surface area contributed by atoms with Crippen LogP contribution in [0.4, 0.5) is 0 Å². The fourth-order valence-electron chi connectivity index (χ4n) is 1.15. The second-order valence-corrected chi connectivity index (χ2v) is 3.56. The molecule has 0 aromatic carbocycles. The van der Waals surface area contributed by atoms with Crippen molar-refractivity contribution < 1.29 is 25.2 Å². The lowest BCUT2D eigenvalue weighted by Gasteiger charge is -2.26. The van der Waals surface area contributed by atoms with Gasteiger partial charge in [0, 0.05) is 0 Å². The summed E-state index contributed by atoms with van der Waals surface area (Å²) in [4.78, 5) is 0. The van der Waals surface area contributed by atoms with Gasteiger partial charge in [0.15, 0.2) is 5.56 Å². The van der Waals surface area contributed by atoms with Gasteiger partial charge < -0.3 is 25.2 Å². The summed E-state index contributed by atoms with van der Waals surface area (Å²) in [7, 11) is 0. The van der Waals surface area contributed by atoms with Crippen LogP contribution in [-0.4, -0.2) is 56.0 Å². The highest BCUT2D eigenvalue weighted by molar-refractivity contribution is 6.20. The molecule has 0 aliphatic carbocycles. The molecule has 0 aromatic heterocycles. The van der Waals surface area contributed by atoms with Gasteiger partial charge in [-0.2, -0.15) is 0 Å². The Bertz CT molecular complexity index is 190. The number of aliphatic hydroxyl groups excluding tert-OH is 3. The van der Waals surface area contributed by atoms with Gasteiger partial charge >= 0.3 is 0 Å². The van der Waals surface area contributed by atoms with E-state index >= 15 is 0 Å². The van der Waals surface area contributed by atoms with E-state index in [2.05, 4.69) is 0 Å². The summed E-state index contributed by atoms with van der Waals surface area (Å²) < 4.78 is 4.73. The Labute approximate surface area is 84.5 Å². The molecule has 4 N–H and O–H groups in total. The van der Waals surface area contributed by atoms with Crippen LogP contribution >= 0.6 is 23.2 Å². The van der Waals surface area contributed by atoms with Crippen molar-refractivity contribution in [1.82, 2.24) is 0 Å². The van der Waals surface area contributed by atoms with Crippen molar-refractivity contribution in [3.63, 3.8) is 0 Å². The van der Waals surface area contributed by atoms with Crippen LogP contribution in [0.1, 0.15) is 0 Å². The minimum Gasteiger partial charge on any atom is -0.387 e. The van der Waals surface area contributed by atoms with Crippen molar-refractivity contribution in [2.24, 2.45) is 0 Å². The van der Waals surface area contributed by atoms with Gasteiger partial charge in [0.1, 0.15) is 18.3 Å². The minimum atomic E-state index is -2.36. The summed E-state index contributed by atoms with van der Waals surface area (Å²) in [5.74, 6) is -2.48. The van der Waals surface area contributed by atoms with E-state index in [1.807, 2.05) is 0 Å². The van der Waals surface area contributed by atoms with Crippen molar-refractivity contribution in [2.45, 2.75) is 29.7 Å². The van der Waals surface area contributed by atoms with E-state index in [0.29, 0.717) is 0 Å². The monoisotopic (exact) mass is 232 g/mol. The highest BCUT2D eigenvalue weighted by Gasteiger charge is 2.56. The van der Waals surface area contributed by atoms with Gasteiger partial charge in [0.25, 0.3) is 0 Å². The maximum Gasteiger partial charge on any atom is 0.236 e. The molecule has 5 atom stereocenters. The van der Waals surface area contributed by atoms with Crippen LogP contribution in [0.5, 0.6) is 0 Å². The molecule has 0 amide bonds. The number of halogens is 2. The minimum absolute atomic E-state index is 0.121. The van der Waals surface area contributed by atoms with Gasteiger partial charge in [-0.25, -0.2) is 0 Å². The zero-order valence-corrected chi connectivity index (χ0v) is 7.98. The van der Waals surface area contributed by atoms with Crippen LogP contribution in [0.3, 0.4) is 0 Å². The molecule has 0 aromatic rings. The third-order valence-corrected chi connectivity index (χ3v) is 2.58. The van der Waals surface area contributed by atoms with Gasteiger partial charge in [-0.3, -0.25) is 0 Å². The summed E-state index contributed by atoms with van der Waals surface area (Å²) >= 11 is 10.5. The van der Waals surface area contributed by atoms with Gasteiger partial charge in [0.2, 0.25) is 5.79 Å². The molecule has 1 unspecified atom stereocenters. The molecule has 5 nitrogen and oxygen atoms in total. The maximum absolute atomic E-state index is 9.44. The van der Waals surface area contributed by atoms with Crippen LogP contribution in [-0.2, 0) is 4.74 Å². The molecule has 0 bridgehead atoms. The summed E-state index contributed by atoms with van der Waals surface area (Å²) in [6.45, 7) is 0. The molecule has 0 spiro atoms. The van der Waals surface area contributed by atoms with Gasteiger partial charge in [-0.1, -0.05) is 11.6 Å². The molecule has 1 aliphatic rings. The number of ether oxygens (including phenoxy) is 1. The lowest BCUT2D eigenvalue weighted by Crippen LogP contribution is -2.50. The average Bonchev–Trinajstić information content (AvgIpc) is 2.31. The Morgan fingerprint density at radius 2 is 2.00 bits per heavy atom. The lowest BCUT2D eigenvalue weighted by atomic mass is 10.1. The van der Waals surface area contributed by atoms with Crippen molar-refractivity contribution in [1.29, 1.82) is 0 Å². The summed E-state index contributed by atoms with van der Waals surface area (Å²) in [6.07, 6.45) is -3.99. The third-order valence-electron chi connectivity index (χ3n) is 1.96. The van der Waals surface area contributed by atoms with Gasteiger partial charge in [0.05, 0.1) is 5.88 Å². The molecule has 1 saturated heterocycles.